The molecular weight excluding hydrogens is 390 g/mol. The molecule has 1 aromatic heterocycles. The quantitative estimate of drug-likeness (QED) is 0.567. The van der Waals surface area contributed by atoms with Gasteiger partial charge in [0.2, 0.25) is 11.7 Å². The smallest absolute Gasteiger partial charge is 0.253 e. The van der Waals surface area contributed by atoms with Crippen molar-refractivity contribution in [3.05, 3.63) is 65.5 Å². The van der Waals surface area contributed by atoms with E-state index in [1.54, 1.807) is 0 Å². The molecule has 3 aromatic rings. The van der Waals surface area contributed by atoms with Gasteiger partial charge in [0.1, 0.15) is 5.75 Å². The zero-order valence-corrected chi connectivity index (χ0v) is 18.4. The lowest BCUT2D eigenvalue weighted by Crippen LogP contribution is -2.40. The molecule has 1 atom stereocenters. The van der Waals surface area contributed by atoms with Crippen LogP contribution in [0.3, 0.4) is 0 Å². The number of likely N-dealkylation sites (tertiary alicyclic amines) is 1. The number of aromatic nitrogens is 2. The van der Waals surface area contributed by atoms with Crippen LogP contribution in [-0.4, -0.2) is 40.1 Å². The van der Waals surface area contributed by atoms with Crippen LogP contribution in [0, 0.1) is 12.8 Å². The molecule has 1 saturated heterocycles. The van der Waals surface area contributed by atoms with E-state index in [2.05, 4.69) is 10.1 Å². The summed E-state index contributed by atoms with van der Waals surface area (Å²) in [7, 11) is 0. The Kier molecular flexibility index (Phi) is 6.35. The Morgan fingerprint density at radius 2 is 1.97 bits per heavy atom. The lowest BCUT2D eigenvalue weighted by Gasteiger charge is -2.32. The van der Waals surface area contributed by atoms with Crippen LogP contribution in [0.5, 0.6) is 5.75 Å². The molecule has 1 aliphatic heterocycles. The van der Waals surface area contributed by atoms with Crippen molar-refractivity contribution in [3.8, 4) is 17.1 Å². The van der Waals surface area contributed by atoms with E-state index in [9.17, 15) is 4.79 Å². The Labute approximate surface area is 183 Å². The van der Waals surface area contributed by atoms with Crippen molar-refractivity contribution in [2.24, 2.45) is 5.92 Å². The number of aryl methyl sites for hydroxylation is 1. The van der Waals surface area contributed by atoms with Gasteiger partial charge >= 0.3 is 0 Å². The van der Waals surface area contributed by atoms with Crippen LogP contribution in [0.4, 0.5) is 0 Å². The van der Waals surface area contributed by atoms with E-state index in [1.807, 2.05) is 74.2 Å². The monoisotopic (exact) mass is 419 g/mol. The van der Waals surface area contributed by atoms with Gasteiger partial charge in [0, 0.05) is 30.6 Å². The number of carbonyl (C=O) groups is 1. The predicted octanol–water partition coefficient (Wildman–Crippen LogP) is 4.93. The van der Waals surface area contributed by atoms with Gasteiger partial charge < -0.3 is 14.2 Å². The van der Waals surface area contributed by atoms with Gasteiger partial charge in [-0.05, 0) is 69.4 Å². The molecule has 2 aromatic carbocycles. The van der Waals surface area contributed by atoms with Crippen molar-refractivity contribution in [3.63, 3.8) is 0 Å². The Morgan fingerprint density at radius 1 is 1.19 bits per heavy atom. The van der Waals surface area contributed by atoms with Crippen LogP contribution in [0.1, 0.15) is 48.5 Å². The molecule has 0 bridgehead atoms. The molecule has 1 fully saturated rings. The average Bonchev–Trinajstić information content (AvgIpc) is 3.22. The second-order valence-electron chi connectivity index (χ2n) is 8.48. The first-order chi connectivity index (χ1) is 15.0. The van der Waals surface area contributed by atoms with Gasteiger partial charge in [-0.15, -0.1) is 0 Å². The first-order valence-corrected chi connectivity index (χ1v) is 10.9. The van der Waals surface area contributed by atoms with Gasteiger partial charge in [0.05, 0.1) is 6.10 Å². The van der Waals surface area contributed by atoms with Crippen LogP contribution < -0.4 is 4.74 Å². The summed E-state index contributed by atoms with van der Waals surface area (Å²) >= 11 is 0. The molecule has 0 radical (unpaired) electrons. The second-order valence-corrected chi connectivity index (χ2v) is 8.48. The highest BCUT2D eigenvalue weighted by Crippen LogP contribution is 2.25. The fourth-order valence-corrected chi connectivity index (χ4v) is 4.06. The van der Waals surface area contributed by atoms with E-state index < -0.39 is 0 Å². The number of nitrogens with zero attached hydrogens (tertiary/aromatic N) is 3. The van der Waals surface area contributed by atoms with Gasteiger partial charge in [-0.2, -0.15) is 4.98 Å². The molecule has 4 rings (SSSR count). The maximum atomic E-state index is 13.0. The van der Waals surface area contributed by atoms with Gasteiger partial charge in [-0.3, -0.25) is 4.79 Å². The molecule has 6 nitrogen and oxygen atoms in total. The van der Waals surface area contributed by atoms with E-state index in [0.29, 0.717) is 36.2 Å². The molecule has 0 saturated carbocycles. The normalized spacial score (nSPS) is 16.5. The van der Waals surface area contributed by atoms with Gasteiger partial charge in [-0.1, -0.05) is 29.4 Å². The first-order valence-electron chi connectivity index (χ1n) is 10.9. The first kappa shape index (κ1) is 21.1. The summed E-state index contributed by atoms with van der Waals surface area (Å²) < 4.78 is 11.2. The number of hydrogen-bond acceptors (Lipinski definition) is 5. The van der Waals surface area contributed by atoms with E-state index in [4.69, 9.17) is 9.26 Å². The highest BCUT2D eigenvalue weighted by molar-refractivity contribution is 5.94. The Hall–Kier alpha value is -3.15. The Balaban J connectivity index is 1.39. The summed E-state index contributed by atoms with van der Waals surface area (Å²) in [5.74, 6) is 2.41. The zero-order chi connectivity index (χ0) is 21.8. The summed E-state index contributed by atoms with van der Waals surface area (Å²) in [6, 6.07) is 15.4. The topological polar surface area (TPSA) is 68.5 Å². The number of ether oxygens (including phenoxy) is 1. The van der Waals surface area contributed by atoms with E-state index in [0.717, 1.165) is 36.3 Å². The third-order valence-electron chi connectivity index (χ3n) is 5.60. The van der Waals surface area contributed by atoms with Crippen molar-refractivity contribution in [1.82, 2.24) is 15.0 Å². The van der Waals surface area contributed by atoms with Crippen molar-refractivity contribution in [2.75, 3.05) is 13.1 Å². The summed E-state index contributed by atoms with van der Waals surface area (Å²) in [4.78, 5) is 19.5. The highest BCUT2D eigenvalue weighted by atomic mass is 16.5. The zero-order valence-electron chi connectivity index (χ0n) is 18.4. The van der Waals surface area contributed by atoms with Crippen molar-refractivity contribution in [1.29, 1.82) is 0 Å². The second kappa shape index (κ2) is 9.33. The minimum Gasteiger partial charge on any atom is -0.491 e. The number of benzene rings is 2. The third-order valence-corrected chi connectivity index (χ3v) is 5.60. The molecular formula is C25H29N3O3. The largest absolute Gasteiger partial charge is 0.491 e. The van der Waals surface area contributed by atoms with Crippen molar-refractivity contribution in [2.45, 2.75) is 46.1 Å². The third kappa shape index (κ3) is 5.13. The summed E-state index contributed by atoms with van der Waals surface area (Å²) in [5.41, 5.74) is 2.80. The van der Waals surface area contributed by atoms with Crippen molar-refractivity contribution < 1.29 is 14.1 Å². The molecule has 1 aliphatic rings. The minimum atomic E-state index is 0.0620. The molecule has 1 amide bonds. The number of piperidine rings is 1. The molecule has 0 N–H and O–H groups in total. The van der Waals surface area contributed by atoms with Gasteiger partial charge in [0.25, 0.3) is 5.91 Å². The van der Waals surface area contributed by atoms with Crippen molar-refractivity contribution >= 4 is 5.91 Å². The summed E-state index contributed by atoms with van der Waals surface area (Å²) in [5, 5.41) is 4.16. The fraction of sp³-hybridized carbons (Fsp3) is 0.400. The van der Waals surface area contributed by atoms with Gasteiger partial charge in [-0.25, -0.2) is 0 Å². The lowest BCUT2D eigenvalue weighted by molar-refractivity contribution is 0.0668. The maximum absolute atomic E-state index is 13.0. The van der Waals surface area contributed by atoms with E-state index in [-0.39, 0.29) is 12.0 Å². The van der Waals surface area contributed by atoms with Crippen LogP contribution in [-0.2, 0) is 6.42 Å². The van der Waals surface area contributed by atoms with Crippen LogP contribution in [0.25, 0.3) is 11.4 Å². The fourth-order valence-electron chi connectivity index (χ4n) is 4.06. The van der Waals surface area contributed by atoms with Crippen LogP contribution in [0.2, 0.25) is 0 Å². The molecule has 162 valence electrons. The highest BCUT2D eigenvalue weighted by Gasteiger charge is 2.26. The summed E-state index contributed by atoms with van der Waals surface area (Å²) in [6.45, 7) is 7.49. The molecule has 2 heterocycles. The number of hydrogen-bond donors (Lipinski definition) is 0. The van der Waals surface area contributed by atoms with Gasteiger partial charge in [0.15, 0.2) is 0 Å². The van der Waals surface area contributed by atoms with Crippen LogP contribution in [0.15, 0.2) is 53.1 Å². The SMILES string of the molecule is Cc1ccccc1-c1noc(CC2CCCN(C(=O)c3ccc(OC(C)C)cc3)C2)n1. The predicted molar refractivity (Wildman–Crippen MR) is 119 cm³/mol. The number of rotatable bonds is 6. The summed E-state index contributed by atoms with van der Waals surface area (Å²) in [6.07, 6.45) is 2.82. The van der Waals surface area contributed by atoms with E-state index in [1.165, 1.54) is 0 Å². The minimum absolute atomic E-state index is 0.0620. The molecule has 6 heteroatoms. The Bertz CT molecular complexity index is 1030. The number of amides is 1. The molecule has 0 spiro atoms. The number of carbonyl (C=O) groups excluding carboxylic acids is 1. The van der Waals surface area contributed by atoms with Crippen LogP contribution >= 0.6 is 0 Å². The molecule has 0 aliphatic carbocycles. The lowest BCUT2D eigenvalue weighted by atomic mass is 9.94. The maximum Gasteiger partial charge on any atom is 0.253 e. The molecule has 31 heavy (non-hydrogen) atoms. The molecule has 1 unspecified atom stereocenters. The average molecular weight is 420 g/mol. The standard InChI is InChI=1S/C25H29N3O3/c1-17(2)30-21-12-10-20(11-13-21)25(29)28-14-6-8-19(16-28)15-23-26-24(27-31-23)22-9-5-4-7-18(22)3/h4-5,7,9-13,17,19H,6,8,14-16H2,1-3H3. The Morgan fingerprint density at radius 3 is 2.71 bits per heavy atom. The van der Waals surface area contributed by atoms with E-state index >= 15 is 0 Å².